The second kappa shape index (κ2) is 5.75. The molecule has 0 aliphatic heterocycles. The summed E-state index contributed by atoms with van der Waals surface area (Å²) in [7, 11) is 0. The molecular weight excluding hydrogens is 421 g/mol. The van der Waals surface area contributed by atoms with Gasteiger partial charge >= 0.3 is 0 Å². The van der Waals surface area contributed by atoms with Crippen LogP contribution >= 0.6 is 43.5 Å². The molecule has 1 aromatic heterocycles. The molecule has 3 rings (SSSR count). The number of anilines is 1. The maximum absolute atomic E-state index is 6.25. The van der Waals surface area contributed by atoms with Crippen LogP contribution in [0.1, 0.15) is 0 Å². The van der Waals surface area contributed by atoms with Crippen LogP contribution in [0.2, 0.25) is 5.02 Å². The van der Waals surface area contributed by atoms with E-state index < -0.39 is 0 Å². The number of nitrogen functional groups attached to an aromatic ring is 1. The van der Waals surface area contributed by atoms with E-state index >= 15 is 0 Å². The van der Waals surface area contributed by atoms with Gasteiger partial charge in [-0.1, -0.05) is 17.7 Å². The van der Waals surface area contributed by atoms with Crippen molar-refractivity contribution in [2.24, 2.45) is 0 Å². The Kier molecular flexibility index (Phi) is 3.97. The molecule has 1 heterocycles. The number of nitrogens with two attached hydrogens (primary N) is 1. The number of rotatable bonds is 2. The molecule has 0 saturated carbocycles. The maximum Gasteiger partial charge on any atom is 0.188 e. The molecule has 0 bridgehead atoms. The second-order valence-electron chi connectivity index (χ2n) is 4.22. The molecule has 0 atom stereocenters. The van der Waals surface area contributed by atoms with Crippen molar-refractivity contribution in [2.45, 2.75) is 0 Å². The minimum Gasteiger partial charge on any atom is -0.399 e. The lowest BCUT2D eigenvalue weighted by Gasteiger charge is -2.10. The van der Waals surface area contributed by atoms with Crippen LogP contribution in [0.4, 0.5) is 5.69 Å². The number of nitrogens with zero attached hydrogens (tertiary/aromatic N) is 4. The molecule has 5 nitrogen and oxygen atoms in total. The van der Waals surface area contributed by atoms with Crippen molar-refractivity contribution < 1.29 is 0 Å². The van der Waals surface area contributed by atoms with Crippen molar-refractivity contribution in [1.82, 2.24) is 20.2 Å². The zero-order chi connectivity index (χ0) is 15.0. The normalized spacial score (nSPS) is 10.8. The van der Waals surface area contributed by atoms with Crippen LogP contribution in [-0.4, -0.2) is 20.2 Å². The van der Waals surface area contributed by atoms with Gasteiger partial charge in [-0.3, -0.25) is 0 Å². The predicted molar refractivity (Wildman–Crippen MR) is 89.4 cm³/mol. The quantitative estimate of drug-likeness (QED) is 0.623. The standard InChI is InChI=1S/C13H8Br2ClN5/c14-9-2-1-3-10(15)12(9)21-13(18-19-20-21)8-5-4-7(17)6-11(8)16/h1-6H,17H2. The average Bonchev–Trinajstić information content (AvgIpc) is 2.87. The first-order chi connectivity index (χ1) is 10.1. The van der Waals surface area contributed by atoms with Crippen LogP contribution in [0.25, 0.3) is 17.1 Å². The SMILES string of the molecule is Nc1ccc(-c2nnnn2-c2c(Br)cccc2Br)c(Cl)c1. The molecule has 2 aromatic carbocycles. The van der Waals surface area contributed by atoms with Crippen molar-refractivity contribution in [3.05, 3.63) is 50.4 Å². The summed E-state index contributed by atoms with van der Waals surface area (Å²) in [6.45, 7) is 0. The third-order valence-corrected chi connectivity index (χ3v) is 4.45. The Balaban J connectivity index is 2.22. The van der Waals surface area contributed by atoms with E-state index in [1.54, 1.807) is 22.9 Å². The van der Waals surface area contributed by atoms with Gasteiger partial charge in [0.05, 0.1) is 10.7 Å². The second-order valence-corrected chi connectivity index (χ2v) is 6.34. The highest BCUT2D eigenvalue weighted by Gasteiger charge is 2.17. The fourth-order valence-electron chi connectivity index (χ4n) is 1.91. The zero-order valence-corrected chi connectivity index (χ0v) is 14.4. The van der Waals surface area contributed by atoms with Gasteiger partial charge in [0.1, 0.15) is 0 Å². The molecule has 0 spiro atoms. The van der Waals surface area contributed by atoms with E-state index in [1.165, 1.54) is 0 Å². The van der Waals surface area contributed by atoms with Gasteiger partial charge in [-0.15, -0.1) is 5.10 Å². The van der Waals surface area contributed by atoms with Crippen molar-refractivity contribution >= 4 is 49.1 Å². The molecule has 0 aliphatic carbocycles. The third-order valence-electron chi connectivity index (χ3n) is 2.85. The molecular formula is C13H8Br2ClN5. The number of hydrogen-bond acceptors (Lipinski definition) is 4. The van der Waals surface area contributed by atoms with E-state index in [4.69, 9.17) is 17.3 Å². The number of aromatic nitrogens is 4. The number of benzene rings is 2. The van der Waals surface area contributed by atoms with Gasteiger partial charge in [0.25, 0.3) is 0 Å². The summed E-state index contributed by atoms with van der Waals surface area (Å²) in [6.07, 6.45) is 0. The van der Waals surface area contributed by atoms with Crippen LogP contribution < -0.4 is 5.73 Å². The fraction of sp³-hybridized carbons (Fsp3) is 0. The van der Waals surface area contributed by atoms with Crippen molar-refractivity contribution in [3.63, 3.8) is 0 Å². The number of para-hydroxylation sites is 1. The van der Waals surface area contributed by atoms with E-state index in [0.717, 1.165) is 14.6 Å². The molecule has 2 N–H and O–H groups in total. The largest absolute Gasteiger partial charge is 0.399 e. The molecule has 106 valence electrons. The molecule has 21 heavy (non-hydrogen) atoms. The van der Waals surface area contributed by atoms with Gasteiger partial charge in [0.2, 0.25) is 0 Å². The van der Waals surface area contributed by atoms with Gasteiger partial charge in [-0.05, 0) is 72.6 Å². The van der Waals surface area contributed by atoms with Crippen LogP contribution in [0.15, 0.2) is 45.3 Å². The highest BCUT2D eigenvalue weighted by atomic mass is 79.9. The maximum atomic E-state index is 6.25. The summed E-state index contributed by atoms with van der Waals surface area (Å²) in [6, 6.07) is 11.0. The van der Waals surface area contributed by atoms with Gasteiger partial charge < -0.3 is 5.73 Å². The topological polar surface area (TPSA) is 69.6 Å². The molecule has 8 heteroatoms. The van der Waals surface area contributed by atoms with Crippen LogP contribution in [0, 0.1) is 0 Å². The van der Waals surface area contributed by atoms with Crippen molar-refractivity contribution in [3.8, 4) is 17.1 Å². The summed E-state index contributed by atoms with van der Waals surface area (Å²) in [5.41, 5.74) is 7.81. The average molecular weight is 430 g/mol. The van der Waals surface area contributed by atoms with E-state index in [1.807, 2.05) is 18.2 Å². The lowest BCUT2D eigenvalue weighted by Crippen LogP contribution is -2.02. The van der Waals surface area contributed by atoms with E-state index in [-0.39, 0.29) is 0 Å². The van der Waals surface area contributed by atoms with Crippen LogP contribution in [-0.2, 0) is 0 Å². The molecule has 0 radical (unpaired) electrons. The van der Waals surface area contributed by atoms with Gasteiger partial charge in [0, 0.05) is 20.2 Å². The van der Waals surface area contributed by atoms with Crippen molar-refractivity contribution in [2.75, 3.05) is 5.73 Å². The minimum absolute atomic E-state index is 0.495. The first-order valence-electron chi connectivity index (χ1n) is 5.86. The van der Waals surface area contributed by atoms with Gasteiger partial charge in [-0.2, -0.15) is 4.68 Å². The van der Waals surface area contributed by atoms with Crippen LogP contribution in [0.3, 0.4) is 0 Å². The first kappa shape index (κ1) is 14.5. The van der Waals surface area contributed by atoms with Crippen molar-refractivity contribution in [1.29, 1.82) is 0 Å². The lowest BCUT2D eigenvalue weighted by atomic mass is 10.2. The molecule has 0 fully saturated rings. The molecule has 0 saturated heterocycles. The number of tetrazole rings is 1. The van der Waals surface area contributed by atoms with E-state index in [2.05, 4.69) is 47.4 Å². The van der Waals surface area contributed by atoms with Gasteiger partial charge in [-0.25, -0.2) is 0 Å². The Morgan fingerprint density at radius 2 is 1.81 bits per heavy atom. The fourth-order valence-corrected chi connectivity index (χ4v) is 3.52. The highest BCUT2D eigenvalue weighted by Crippen LogP contribution is 2.33. The summed E-state index contributed by atoms with van der Waals surface area (Å²) in [5.74, 6) is 0.535. The summed E-state index contributed by atoms with van der Waals surface area (Å²) in [4.78, 5) is 0. The Bertz CT molecular complexity index is 798. The van der Waals surface area contributed by atoms with E-state index in [9.17, 15) is 0 Å². The highest BCUT2D eigenvalue weighted by molar-refractivity contribution is 9.11. The molecule has 3 aromatic rings. The first-order valence-corrected chi connectivity index (χ1v) is 7.82. The number of hydrogen-bond donors (Lipinski definition) is 1. The Hall–Kier alpha value is -1.44. The Morgan fingerprint density at radius 3 is 2.48 bits per heavy atom. The molecule has 0 unspecified atom stereocenters. The monoisotopic (exact) mass is 427 g/mol. The predicted octanol–water partition coefficient (Wildman–Crippen LogP) is 4.09. The zero-order valence-electron chi connectivity index (χ0n) is 10.5. The summed E-state index contributed by atoms with van der Waals surface area (Å²) in [5, 5.41) is 12.4. The number of halogens is 3. The van der Waals surface area contributed by atoms with Crippen LogP contribution in [0.5, 0.6) is 0 Å². The summed E-state index contributed by atoms with van der Waals surface area (Å²) >= 11 is 13.3. The minimum atomic E-state index is 0.495. The molecule has 0 aliphatic rings. The third kappa shape index (κ3) is 2.68. The molecule has 0 amide bonds. The Morgan fingerprint density at radius 1 is 1.10 bits per heavy atom. The van der Waals surface area contributed by atoms with Gasteiger partial charge in [0.15, 0.2) is 5.82 Å². The lowest BCUT2D eigenvalue weighted by molar-refractivity contribution is 0.786. The van der Waals surface area contributed by atoms with E-state index in [0.29, 0.717) is 22.1 Å². The Labute approximate surface area is 142 Å². The smallest absolute Gasteiger partial charge is 0.188 e. The summed E-state index contributed by atoms with van der Waals surface area (Å²) < 4.78 is 3.33.